The van der Waals surface area contributed by atoms with E-state index in [1.54, 1.807) is 7.11 Å². The van der Waals surface area contributed by atoms with Gasteiger partial charge in [0.25, 0.3) is 0 Å². The van der Waals surface area contributed by atoms with Crippen LogP contribution in [0.25, 0.3) is 0 Å². The Morgan fingerprint density at radius 2 is 2.14 bits per heavy atom. The molecule has 3 rings (SSSR count). The maximum absolute atomic E-state index is 13.2. The third-order valence-electron chi connectivity index (χ3n) is 4.75. The summed E-state index contributed by atoms with van der Waals surface area (Å²) in [5.41, 5.74) is 1.27. The number of amides is 1. The molecule has 2 atom stereocenters. The van der Waals surface area contributed by atoms with Gasteiger partial charge >= 0.3 is 0 Å². The molecule has 1 N–H and O–H groups in total. The summed E-state index contributed by atoms with van der Waals surface area (Å²) in [4.78, 5) is 14.2. The molecule has 1 amide bonds. The van der Waals surface area contributed by atoms with Crippen LogP contribution in [0.1, 0.15) is 30.7 Å². The Morgan fingerprint density at radius 3 is 2.77 bits per heavy atom. The van der Waals surface area contributed by atoms with Gasteiger partial charge in [0.05, 0.1) is 13.2 Å². The predicted octanol–water partition coefficient (Wildman–Crippen LogP) is 2.10. The normalized spacial score (nSPS) is 26.2. The largest absolute Gasteiger partial charge is 0.497 e. The van der Waals surface area contributed by atoms with Crippen LogP contribution in [-0.4, -0.2) is 49.8 Å². The van der Waals surface area contributed by atoms with E-state index in [2.05, 4.69) is 17.4 Å². The van der Waals surface area contributed by atoms with Crippen molar-refractivity contribution >= 4 is 5.91 Å². The monoisotopic (exact) mass is 306 g/mol. The van der Waals surface area contributed by atoms with E-state index < -0.39 is 6.17 Å². The van der Waals surface area contributed by atoms with E-state index in [1.165, 1.54) is 5.56 Å². The lowest BCUT2D eigenvalue weighted by molar-refractivity contribution is -0.134. The van der Waals surface area contributed by atoms with Gasteiger partial charge in [-0.15, -0.1) is 0 Å². The molecule has 1 aromatic carbocycles. The van der Waals surface area contributed by atoms with Crippen LogP contribution < -0.4 is 10.1 Å². The summed E-state index contributed by atoms with van der Waals surface area (Å²) in [7, 11) is 1.67. The molecule has 2 fully saturated rings. The third-order valence-corrected chi connectivity index (χ3v) is 4.75. The highest BCUT2D eigenvalue weighted by Crippen LogP contribution is 2.30. The van der Waals surface area contributed by atoms with E-state index >= 15 is 0 Å². The number of piperidine rings is 1. The van der Waals surface area contributed by atoms with Gasteiger partial charge in [-0.1, -0.05) is 12.1 Å². The lowest BCUT2D eigenvalue weighted by Gasteiger charge is -2.33. The first-order chi connectivity index (χ1) is 10.7. The zero-order valence-electron chi connectivity index (χ0n) is 12.9. The summed E-state index contributed by atoms with van der Waals surface area (Å²) in [6.45, 7) is 1.79. The molecule has 0 aliphatic carbocycles. The topological polar surface area (TPSA) is 41.6 Å². The first-order valence-corrected chi connectivity index (χ1v) is 7.97. The number of ether oxygens (including phenoxy) is 1. The molecule has 2 saturated heterocycles. The smallest absolute Gasteiger partial charge is 0.239 e. The number of methoxy groups -OCH3 is 1. The van der Waals surface area contributed by atoms with Gasteiger partial charge < -0.3 is 15.0 Å². The maximum atomic E-state index is 13.2. The SMILES string of the molecule is COc1cccc(C2CCN(C(=O)[C@H]3C[C@H](F)CN3)CC2)c1. The average Bonchev–Trinajstić information content (AvgIpc) is 3.01. The maximum Gasteiger partial charge on any atom is 0.239 e. The van der Waals surface area contributed by atoms with Crippen LogP contribution >= 0.6 is 0 Å². The van der Waals surface area contributed by atoms with Crippen molar-refractivity contribution < 1.29 is 13.9 Å². The number of hydrogen-bond donors (Lipinski definition) is 1. The number of carbonyl (C=O) groups is 1. The van der Waals surface area contributed by atoms with Crippen LogP contribution in [0.2, 0.25) is 0 Å². The van der Waals surface area contributed by atoms with Gasteiger partial charge in [-0.3, -0.25) is 4.79 Å². The third kappa shape index (κ3) is 3.24. The van der Waals surface area contributed by atoms with Gasteiger partial charge in [0.15, 0.2) is 0 Å². The zero-order valence-corrected chi connectivity index (χ0v) is 12.9. The standard InChI is InChI=1S/C17H23FN2O2/c1-22-15-4-2-3-13(9-15)12-5-7-20(8-6-12)17(21)16-10-14(18)11-19-16/h2-4,9,12,14,16,19H,5-8,10-11H2,1H3/t14-,16+/m0/s1. The molecule has 2 heterocycles. The Morgan fingerprint density at radius 1 is 1.36 bits per heavy atom. The fourth-order valence-electron chi connectivity index (χ4n) is 3.43. The Labute approximate surface area is 130 Å². The Balaban J connectivity index is 1.56. The molecule has 0 aromatic heterocycles. The predicted molar refractivity (Wildman–Crippen MR) is 82.9 cm³/mol. The minimum absolute atomic E-state index is 0.0595. The summed E-state index contributed by atoms with van der Waals surface area (Å²) >= 11 is 0. The molecule has 2 aliphatic heterocycles. The fourth-order valence-corrected chi connectivity index (χ4v) is 3.43. The minimum atomic E-state index is -0.886. The lowest BCUT2D eigenvalue weighted by Crippen LogP contribution is -2.46. The molecule has 120 valence electrons. The van der Waals surface area contributed by atoms with Gasteiger partial charge in [0.1, 0.15) is 11.9 Å². The second-order valence-corrected chi connectivity index (χ2v) is 6.17. The van der Waals surface area contributed by atoms with Crippen molar-refractivity contribution in [2.24, 2.45) is 0 Å². The van der Waals surface area contributed by atoms with Gasteiger partial charge in [0, 0.05) is 26.1 Å². The molecule has 0 radical (unpaired) electrons. The van der Waals surface area contributed by atoms with Gasteiger partial charge in [-0.2, -0.15) is 0 Å². The van der Waals surface area contributed by atoms with Crippen molar-refractivity contribution in [2.45, 2.75) is 37.4 Å². The van der Waals surface area contributed by atoms with Crippen molar-refractivity contribution in [3.05, 3.63) is 29.8 Å². The lowest BCUT2D eigenvalue weighted by atomic mass is 9.89. The van der Waals surface area contributed by atoms with E-state index in [9.17, 15) is 9.18 Å². The molecular weight excluding hydrogens is 283 g/mol. The van der Waals surface area contributed by atoms with Crippen LogP contribution in [0.4, 0.5) is 4.39 Å². The van der Waals surface area contributed by atoms with Gasteiger partial charge in [-0.25, -0.2) is 4.39 Å². The summed E-state index contributed by atoms with van der Waals surface area (Å²) in [6, 6.07) is 7.82. The molecule has 5 heteroatoms. The fraction of sp³-hybridized carbons (Fsp3) is 0.588. The molecule has 0 bridgehead atoms. The number of halogens is 1. The van der Waals surface area contributed by atoms with Gasteiger partial charge in [-0.05, 0) is 36.5 Å². The van der Waals surface area contributed by atoms with Crippen LogP contribution in [0.3, 0.4) is 0 Å². The van der Waals surface area contributed by atoms with E-state index in [0.29, 0.717) is 18.9 Å². The number of alkyl halides is 1. The highest BCUT2D eigenvalue weighted by molar-refractivity contribution is 5.82. The number of likely N-dealkylation sites (tertiary alicyclic amines) is 1. The first kappa shape index (κ1) is 15.3. The summed E-state index contributed by atoms with van der Waals surface area (Å²) in [5, 5.41) is 2.98. The van der Waals surface area contributed by atoms with Crippen LogP contribution in [0.15, 0.2) is 24.3 Å². The van der Waals surface area contributed by atoms with E-state index in [1.807, 2.05) is 17.0 Å². The summed E-state index contributed by atoms with van der Waals surface area (Å²) in [5.74, 6) is 1.40. The van der Waals surface area contributed by atoms with Crippen LogP contribution in [-0.2, 0) is 4.79 Å². The highest BCUT2D eigenvalue weighted by atomic mass is 19.1. The van der Waals surface area contributed by atoms with Crippen LogP contribution in [0, 0.1) is 0 Å². The number of nitrogens with one attached hydrogen (secondary N) is 1. The van der Waals surface area contributed by atoms with Crippen molar-refractivity contribution in [1.82, 2.24) is 10.2 Å². The second-order valence-electron chi connectivity index (χ2n) is 6.17. The average molecular weight is 306 g/mol. The first-order valence-electron chi connectivity index (χ1n) is 7.97. The molecule has 22 heavy (non-hydrogen) atoms. The Hall–Kier alpha value is -1.62. The van der Waals surface area contributed by atoms with Crippen molar-refractivity contribution in [2.75, 3.05) is 26.7 Å². The molecular formula is C17H23FN2O2. The number of rotatable bonds is 3. The zero-order chi connectivity index (χ0) is 15.5. The van der Waals surface area contributed by atoms with Crippen LogP contribution in [0.5, 0.6) is 5.75 Å². The molecule has 4 nitrogen and oxygen atoms in total. The quantitative estimate of drug-likeness (QED) is 0.930. The van der Waals surface area contributed by atoms with Crippen molar-refractivity contribution in [3.8, 4) is 5.75 Å². The highest BCUT2D eigenvalue weighted by Gasteiger charge is 2.33. The Bertz CT molecular complexity index is 529. The number of nitrogens with zero attached hydrogens (tertiary/aromatic N) is 1. The molecule has 1 aromatic rings. The van der Waals surface area contributed by atoms with Crippen molar-refractivity contribution in [1.29, 1.82) is 0 Å². The summed E-state index contributed by atoms with van der Waals surface area (Å²) in [6.07, 6.45) is 1.33. The number of carbonyl (C=O) groups excluding carboxylic acids is 1. The van der Waals surface area contributed by atoms with Crippen molar-refractivity contribution in [3.63, 3.8) is 0 Å². The number of benzene rings is 1. The van der Waals surface area contributed by atoms with Gasteiger partial charge in [0.2, 0.25) is 5.91 Å². The molecule has 0 saturated carbocycles. The summed E-state index contributed by atoms with van der Waals surface area (Å²) < 4.78 is 18.5. The van der Waals surface area contributed by atoms with E-state index in [0.717, 1.165) is 31.7 Å². The second kappa shape index (κ2) is 6.65. The molecule has 0 spiro atoms. The number of hydrogen-bond acceptors (Lipinski definition) is 3. The minimum Gasteiger partial charge on any atom is -0.497 e. The van der Waals surface area contributed by atoms with E-state index in [-0.39, 0.29) is 11.9 Å². The molecule has 0 unspecified atom stereocenters. The van der Waals surface area contributed by atoms with E-state index in [4.69, 9.17) is 4.74 Å². The Kier molecular flexibility index (Phi) is 4.62. The molecule has 2 aliphatic rings.